The Balaban J connectivity index is 0.0000116. The van der Waals surface area contributed by atoms with Crippen LogP contribution < -0.4 is 21.9 Å². The predicted octanol–water partition coefficient (Wildman–Crippen LogP) is 14.4. The van der Waals surface area contributed by atoms with E-state index >= 15 is 17.6 Å². The van der Waals surface area contributed by atoms with E-state index in [4.69, 9.17) is 0 Å². The molecule has 0 aliphatic heterocycles. The van der Waals surface area contributed by atoms with Crippen LogP contribution in [-0.4, -0.2) is 55.5 Å². The standard InChI is InChI=1S/C56H76BF8/c1-5-45(58)25-17-29-49(62)37-41-21-9-13-33-53(41)57(54-34-14-10-22-42(54)38-50(63)30-18-26-46(59)6-2,55-35-15-11-23-43(55)39-51(64)31-19-27-47(60)7-3)56-36-16-12-24-44(56)40-52(65)32-20-28-48(61)8-4/h9-16,21-24,33-36,45-52H,5-8,17-20,25-32,37-40H2,1-4H3/q-1/p+1. The first-order valence-electron chi connectivity index (χ1n) is 25.0. The fourth-order valence-electron chi connectivity index (χ4n) is 10.00. The van der Waals surface area contributed by atoms with Crippen LogP contribution in [-0.2, 0) is 25.7 Å². The molecular formula is C56H77BF8. The fourth-order valence-corrected chi connectivity index (χ4v) is 10.00. The topological polar surface area (TPSA) is 0 Å². The molecule has 360 valence electrons. The van der Waals surface area contributed by atoms with E-state index in [0.717, 1.165) is 21.9 Å². The van der Waals surface area contributed by atoms with E-state index in [1.54, 1.807) is 27.7 Å². The maximum atomic E-state index is 16.4. The summed E-state index contributed by atoms with van der Waals surface area (Å²) in [5, 5.41) is 0. The molecule has 0 aliphatic rings. The van der Waals surface area contributed by atoms with Gasteiger partial charge in [-0.25, -0.2) is 35.1 Å². The quantitative estimate of drug-likeness (QED) is 0.0338. The molecule has 0 saturated heterocycles. The molecule has 0 heterocycles. The summed E-state index contributed by atoms with van der Waals surface area (Å²) in [6.45, 7) is 7.09. The zero-order chi connectivity index (χ0) is 47.2. The minimum absolute atomic E-state index is 0. The number of rotatable bonds is 32. The van der Waals surface area contributed by atoms with Crippen molar-refractivity contribution in [2.45, 2.75) is 205 Å². The lowest BCUT2D eigenvalue weighted by molar-refractivity contribution is 0.263. The monoisotopic (exact) mass is 913 g/mol. The van der Waals surface area contributed by atoms with Crippen LogP contribution in [0.1, 0.15) is 154 Å². The molecular weight excluding hydrogens is 835 g/mol. The van der Waals surface area contributed by atoms with Crippen molar-refractivity contribution < 1.29 is 36.5 Å². The number of benzene rings is 4. The van der Waals surface area contributed by atoms with Crippen molar-refractivity contribution in [3.8, 4) is 0 Å². The minimum Gasteiger partial charge on any atom is -0.248 e. The summed E-state index contributed by atoms with van der Waals surface area (Å²) in [7, 11) is 0. The second kappa shape index (κ2) is 28.5. The van der Waals surface area contributed by atoms with Gasteiger partial charge in [-0.15, -0.1) is 0 Å². The first-order chi connectivity index (χ1) is 31.4. The maximum absolute atomic E-state index is 16.4. The first kappa shape index (κ1) is 54.0. The highest BCUT2D eigenvalue weighted by Gasteiger charge is 2.38. The fraction of sp³-hybridized carbons (Fsp3) is 0.571. The molecule has 8 atom stereocenters. The van der Waals surface area contributed by atoms with Crippen LogP contribution in [0.15, 0.2) is 97.1 Å². The highest BCUT2D eigenvalue weighted by atomic mass is 19.2. The largest absolute Gasteiger partial charge is 1.00 e. The maximum Gasteiger partial charge on any atom is 1.00 e. The summed E-state index contributed by atoms with van der Waals surface area (Å²) in [4.78, 5) is 0. The highest BCUT2D eigenvalue weighted by molar-refractivity contribution is 7.20. The first-order valence-corrected chi connectivity index (χ1v) is 25.0. The second-order valence-corrected chi connectivity index (χ2v) is 18.6. The lowest BCUT2D eigenvalue weighted by atomic mass is 9.11. The van der Waals surface area contributed by atoms with Gasteiger partial charge >= 0.3 is 1.43 Å². The molecule has 9 heteroatoms. The molecule has 0 bridgehead atoms. The summed E-state index contributed by atoms with van der Waals surface area (Å²) in [6, 6.07) is 30.5. The average molecular weight is 913 g/mol. The Morgan fingerprint density at radius 3 is 0.692 bits per heavy atom. The summed E-state index contributed by atoms with van der Waals surface area (Å²) in [5.74, 6) is 0. The Bertz CT molecular complexity index is 1650. The SMILES string of the molecule is CCC(F)CCCC(F)Cc1ccccc1[B-](c1ccccc1CC(F)CCCC(F)CC)(c1ccccc1CC(F)CCCC(F)CC)c1ccccc1CC(F)CCCC(F)CC.[H+]. The molecule has 0 radical (unpaired) electrons. The van der Waals surface area contributed by atoms with Crippen LogP contribution in [0.5, 0.6) is 0 Å². The Hall–Kier alpha value is -3.62. The third-order valence-electron chi connectivity index (χ3n) is 13.8. The van der Waals surface area contributed by atoms with Gasteiger partial charge < -0.3 is 0 Å². The van der Waals surface area contributed by atoms with E-state index in [2.05, 4.69) is 0 Å². The van der Waals surface area contributed by atoms with Crippen molar-refractivity contribution in [3.05, 3.63) is 119 Å². The summed E-state index contributed by atoms with van der Waals surface area (Å²) in [6.07, 6.45) is -7.15. The number of halogens is 8. The molecule has 0 saturated carbocycles. The Kier molecular flexibility index (Phi) is 23.7. The molecule has 0 aliphatic carbocycles. The predicted molar refractivity (Wildman–Crippen MR) is 262 cm³/mol. The van der Waals surface area contributed by atoms with Crippen molar-refractivity contribution in [2.24, 2.45) is 0 Å². The van der Waals surface area contributed by atoms with E-state index in [0.29, 0.717) is 73.6 Å². The van der Waals surface area contributed by atoms with Crippen molar-refractivity contribution in [3.63, 3.8) is 0 Å². The van der Waals surface area contributed by atoms with Crippen molar-refractivity contribution in [1.82, 2.24) is 0 Å². The van der Waals surface area contributed by atoms with Crippen LogP contribution in [0, 0.1) is 0 Å². The van der Waals surface area contributed by atoms with Gasteiger partial charge in [0.15, 0.2) is 0 Å². The lowest BCUT2D eigenvalue weighted by Gasteiger charge is -2.49. The molecule has 0 spiro atoms. The van der Waals surface area contributed by atoms with E-state index in [-0.39, 0.29) is 78.5 Å². The molecule has 4 aromatic rings. The number of hydrogen-bond donors (Lipinski definition) is 0. The second-order valence-electron chi connectivity index (χ2n) is 18.6. The number of alkyl halides is 8. The van der Waals surface area contributed by atoms with Gasteiger partial charge in [-0.3, -0.25) is 0 Å². The molecule has 65 heavy (non-hydrogen) atoms. The van der Waals surface area contributed by atoms with E-state index in [9.17, 15) is 17.6 Å². The van der Waals surface area contributed by atoms with Crippen LogP contribution in [0.2, 0.25) is 0 Å². The molecule has 0 aromatic heterocycles. The van der Waals surface area contributed by atoms with Crippen LogP contribution in [0.4, 0.5) is 35.1 Å². The van der Waals surface area contributed by atoms with Crippen LogP contribution in [0.3, 0.4) is 0 Å². The molecule has 0 fully saturated rings. The summed E-state index contributed by atoms with van der Waals surface area (Å²) >= 11 is 0. The van der Waals surface area contributed by atoms with E-state index in [1.807, 2.05) is 97.1 Å². The smallest absolute Gasteiger partial charge is 0.248 e. The van der Waals surface area contributed by atoms with Gasteiger partial charge in [0.1, 0.15) is 30.8 Å². The normalized spacial score (nSPS) is 16.6. The number of hydrogen-bond acceptors (Lipinski definition) is 0. The van der Waals surface area contributed by atoms with Crippen molar-refractivity contribution in [2.75, 3.05) is 0 Å². The van der Waals surface area contributed by atoms with Gasteiger partial charge in [0.05, 0.1) is 24.7 Å². The lowest BCUT2D eigenvalue weighted by Crippen LogP contribution is -2.77. The highest BCUT2D eigenvalue weighted by Crippen LogP contribution is 2.25. The molecule has 4 aromatic carbocycles. The van der Waals surface area contributed by atoms with Gasteiger partial charge in [-0.1, -0.05) is 147 Å². The summed E-state index contributed by atoms with van der Waals surface area (Å²) in [5.41, 5.74) is 5.73. The van der Waals surface area contributed by atoms with E-state index < -0.39 is 55.5 Å². The van der Waals surface area contributed by atoms with Crippen molar-refractivity contribution in [1.29, 1.82) is 0 Å². The molecule has 0 nitrogen and oxygen atoms in total. The van der Waals surface area contributed by atoms with E-state index in [1.165, 1.54) is 0 Å². The Labute approximate surface area is 388 Å². The summed E-state index contributed by atoms with van der Waals surface area (Å²) < 4.78 is 123. The molecule has 4 rings (SSSR count). The van der Waals surface area contributed by atoms with Crippen molar-refractivity contribution >= 4 is 28.0 Å². The van der Waals surface area contributed by atoms with Gasteiger partial charge in [-0.2, -0.15) is 21.9 Å². The average Bonchev–Trinajstić information content (AvgIpc) is 3.30. The van der Waals surface area contributed by atoms with Crippen LogP contribution in [0.25, 0.3) is 0 Å². The molecule has 8 unspecified atom stereocenters. The third-order valence-corrected chi connectivity index (χ3v) is 13.8. The van der Waals surface area contributed by atoms with Crippen LogP contribution >= 0.6 is 0 Å². The molecule has 0 N–H and O–H groups in total. The molecule has 0 amide bonds. The zero-order valence-electron chi connectivity index (χ0n) is 40.6. The third kappa shape index (κ3) is 16.3. The minimum atomic E-state index is -2.50. The van der Waals surface area contributed by atoms with Gasteiger partial charge in [-0.05, 0) is 103 Å². The Morgan fingerprint density at radius 2 is 0.492 bits per heavy atom. The van der Waals surface area contributed by atoms with Gasteiger partial charge in [0, 0.05) is 25.7 Å². The Morgan fingerprint density at radius 1 is 0.308 bits per heavy atom. The van der Waals surface area contributed by atoms with Gasteiger partial charge in [0.2, 0.25) is 0 Å². The zero-order valence-corrected chi connectivity index (χ0v) is 39.6. The van der Waals surface area contributed by atoms with Gasteiger partial charge in [0.25, 0.3) is 0 Å².